The third-order valence-corrected chi connectivity index (χ3v) is 8.10. The van der Waals surface area contributed by atoms with Crippen molar-refractivity contribution in [1.29, 1.82) is 0 Å². The molecule has 1 fully saturated rings. The molecule has 47 heavy (non-hydrogen) atoms. The van der Waals surface area contributed by atoms with Crippen LogP contribution in [0.25, 0.3) is 22.3 Å². The van der Waals surface area contributed by atoms with Crippen molar-refractivity contribution in [2.24, 2.45) is 5.92 Å². The van der Waals surface area contributed by atoms with Gasteiger partial charge in [-0.3, -0.25) is 9.59 Å². The van der Waals surface area contributed by atoms with Gasteiger partial charge in [-0.25, -0.2) is 4.79 Å². The topological polar surface area (TPSA) is 108 Å². The van der Waals surface area contributed by atoms with E-state index < -0.39 is 17.9 Å². The van der Waals surface area contributed by atoms with Crippen LogP contribution in [0.15, 0.2) is 97.1 Å². The Kier molecular flexibility index (Phi) is 11.6. The second-order valence-corrected chi connectivity index (χ2v) is 11.8. The van der Waals surface area contributed by atoms with Crippen LogP contribution in [0.5, 0.6) is 17.2 Å². The van der Waals surface area contributed by atoms with Crippen LogP contribution in [0.2, 0.25) is 0 Å². The second-order valence-electron chi connectivity index (χ2n) is 11.8. The average molecular weight is 637 g/mol. The largest absolute Gasteiger partial charge is 0.508 e. The molecular formula is C39H40O8. The molecule has 0 bridgehead atoms. The van der Waals surface area contributed by atoms with Crippen LogP contribution in [0.1, 0.15) is 62.2 Å². The van der Waals surface area contributed by atoms with E-state index in [0.717, 1.165) is 53.7 Å². The van der Waals surface area contributed by atoms with Gasteiger partial charge in [0.2, 0.25) is 0 Å². The van der Waals surface area contributed by atoms with Crippen molar-refractivity contribution in [1.82, 2.24) is 0 Å². The summed E-state index contributed by atoms with van der Waals surface area (Å²) in [5.74, 6) is -0.509. The van der Waals surface area contributed by atoms with Crippen LogP contribution in [0.4, 0.5) is 0 Å². The van der Waals surface area contributed by atoms with Gasteiger partial charge in [0.25, 0.3) is 0 Å². The molecule has 8 nitrogen and oxygen atoms in total. The maximum absolute atomic E-state index is 12.3. The molecule has 0 spiro atoms. The zero-order valence-electron chi connectivity index (χ0n) is 26.6. The Morgan fingerprint density at radius 1 is 0.702 bits per heavy atom. The van der Waals surface area contributed by atoms with Crippen molar-refractivity contribution in [3.05, 3.63) is 103 Å². The molecule has 0 saturated heterocycles. The summed E-state index contributed by atoms with van der Waals surface area (Å²) in [5.41, 5.74) is 4.48. The number of hydrogen-bond acceptors (Lipinski definition) is 8. The van der Waals surface area contributed by atoms with Gasteiger partial charge in [-0.2, -0.15) is 0 Å². The molecule has 1 aliphatic rings. The van der Waals surface area contributed by atoms with Crippen molar-refractivity contribution in [3.8, 4) is 39.5 Å². The van der Waals surface area contributed by atoms with Gasteiger partial charge in [-0.1, -0.05) is 61.9 Å². The summed E-state index contributed by atoms with van der Waals surface area (Å²) < 4.78 is 22.1. The van der Waals surface area contributed by atoms with E-state index in [1.807, 2.05) is 48.5 Å². The summed E-state index contributed by atoms with van der Waals surface area (Å²) in [6.07, 6.45) is 5.74. The number of ether oxygens (including phenoxy) is 4. The minimum atomic E-state index is -0.538. The van der Waals surface area contributed by atoms with Crippen LogP contribution in [-0.4, -0.2) is 42.3 Å². The monoisotopic (exact) mass is 636 g/mol. The summed E-state index contributed by atoms with van der Waals surface area (Å²) >= 11 is 0. The van der Waals surface area contributed by atoms with Crippen LogP contribution in [0.3, 0.4) is 0 Å². The zero-order valence-corrected chi connectivity index (χ0v) is 26.6. The molecule has 244 valence electrons. The minimum absolute atomic E-state index is 0.0116. The van der Waals surface area contributed by atoms with Gasteiger partial charge in [0.15, 0.2) is 0 Å². The predicted octanol–water partition coefficient (Wildman–Crippen LogP) is 8.16. The Bertz CT molecular complexity index is 1600. The van der Waals surface area contributed by atoms with Gasteiger partial charge in [0.05, 0.1) is 31.1 Å². The van der Waals surface area contributed by atoms with E-state index in [0.29, 0.717) is 24.3 Å². The fourth-order valence-corrected chi connectivity index (χ4v) is 5.39. The first-order valence-electron chi connectivity index (χ1n) is 16.1. The number of benzene rings is 4. The highest BCUT2D eigenvalue weighted by Crippen LogP contribution is 2.28. The van der Waals surface area contributed by atoms with E-state index in [1.165, 1.54) is 30.7 Å². The van der Waals surface area contributed by atoms with Crippen molar-refractivity contribution < 1.29 is 38.4 Å². The van der Waals surface area contributed by atoms with Crippen LogP contribution < -0.4 is 9.47 Å². The molecule has 1 atom stereocenters. The zero-order chi connectivity index (χ0) is 33.0. The summed E-state index contributed by atoms with van der Waals surface area (Å²) in [6, 6.07) is 29.2. The number of phenols is 1. The highest BCUT2D eigenvalue weighted by atomic mass is 16.5. The number of aromatic hydroxyl groups is 1. The van der Waals surface area contributed by atoms with E-state index in [9.17, 15) is 19.5 Å². The lowest BCUT2D eigenvalue weighted by atomic mass is 9.98. The molecule has 4 aromatic rings. The van der Waals surface area contributed by atoms with E-state index in [2.05, 4.69) is 12.1 Å². The van der Waals surface area contributed by atoms with Crippen molar-refractivity contribution in [3.63, 3.8) is 0 Å². The predicted molar refractivity (Wildman–Crippen MR) is 178 cm³/mol. The Morgan fingerprint density at radius 2 is 1.23 bits per heavy atom. The number of hydrogen-bond donors (Lipinski definition) is 1. The molecule has 8 heteroatoms. The highest BCUT2D eigenvalue weighted by Gasteiger charge is 2.23. The maximum atomic E-state index is 12.3. The number of esters is 3. The Balaban J connectivity index is 1.02. The first-order chi connectivity index (χ1) is 22.8. The van der Waals surface area contributed by atoms with Gasteiger partial charge in [-0.05, 0) is 96.5 Å². The molecule has 5 rings (SSSR count). The van der Waals surface area contributed by atoms with E-state index in [1.54, 1.807) is 19.1 Å². The summed E-state index contributed by atoms with van der Waals surface area (Å²) in [6.45, 7) is 2.31. The minimum Gasteiger partial charge on any atom is -0.508 e. The molecule has 0 aliphatic heterocycles. The third kappa shape index (κ3) is 9.94. The van der Waals surface area contributed by atoms with Gasteiger partial charge >= 0.3 is 17.9 Å². The van der Waals surface area contributed by atoms with E-state index >= 15 is 0 Å². The Morgan fingerprint density at radius 3 is 1.81 bits per heavy atom. The van der Waals surface area contributed by atoms with Crippen molar-refractivity contribution in [2.45, 2.75) is 58.0 Å². The van der Waals surface area contributed by atoms with Gasteiger partial charge in [0, 0.05) is 6.42 Å². The number of carbonyl (C=O) groups excluding carboxylic acids is 3. The lowest BCUT2D eigenvalue weighted by molar-refractivity contribution is -0.158. The highest BCUT2D eigenvalue weighted by molar-refractivity contribution is 5.91. The maximum Gasteiger partial charge on any atom is 0.343 e. The summed E-state index contributed by atoms with van der Waals surface area (Å²) in [4.78, 5) is 36.8. The van der Waals surface area contributed by atoms with Crippen LogP contribution in [-0.2, 0) is 19.1 Å². The molecule has 0 amide bonds. The molecule has 0 radical (unpaired) electrons. The number of rotatable bonds is 13. The SMILES string of the molecule is CC(CC(=O)OC1CCCCC1)C(=O)OCCCOc1ccc(-c2ccc(-c3ccc(OC(=O)c4ccc(O)cc4)cc3)cc2)cc1. The standard InChI is InChI=1S/C39H40O8/c1-27(26-37(41)46-35-6-3-2-4-7-35)38(42)45-25-5-24-44-34-20-14-30(15-21-34)28-8-10-29(11-9-28)31-16-22-36(23-17-31)47-39(43)32-12-18-33(40)19-13-32/h8-23,27,35,40H,2-7,24-26H2,1H3. The smallest absolute Gasteiger partial charge is 0.343 e. The third-order valence-electron chi connectivity index (χ3n) is 8.10. The van der Waals surface area contributed by atoms with Crippen molar-refractivity contribution in [2.75, 3.05) is 13.2 Å². The Labute approximate surface area is 275 Å². The Hall–Kier alpha value is -5.11. The van der Waals surface area contributed by atoms with Gasteiger partial charge in [-0.15, -0.1) is 0 Å². The quantitative estimate of drug-likeness (QED) is 0.0890. The van der Waals surface area contributed by atoms with E-state index in [-0.39, 0.29) is 30.9 Å². The molecule has 0 aromatic heterocycles. The fourth-order valence-electron chi connectivity index (χ4n) is 5.39. The summed E-state index contributed by atoms with van der Waals surface area (Å²) in [5, 5.41) is 9.40. The lowest BCUT2D eigenvalue weighted by Crippen LogP contribution is -2.25. The molecular weight excluding hydrogens is 596 g/mol. The molecule has 1 unspecified atom stereocenters. The average Bonchev–Trinajstić information content (AvgIpc) is 3.09. The molecule has 0 heterocycles. The lowest BCUT2D eigenvalue weighted by Gasteiger charge is -2.22. The molecule has 1 aliphatic carbocycles. The number of phenolic OH excluding ortho intramolecular Hbond substituents is 1. The first-order valence-corrected chi connectivity index (χ1v) is 16.1. The van der Waals surface area contributed by atoms with Crippen LogP contribution in [0, 0.1) is 5.92 Å². The van der Waals surface area contributed by atoms with E-state index in [4.69, 9.17) is 18.9 Å². The number of carbonyl (C=O) groups is 3. The van der Waals surface area contributed by atoms with Crippen LogP contribution >= 0.6 is 0 Å². The van der Waals surface area contributed by atoms with Gasteiger partial charge in [0.1, 0.15) is 23.4 Å². The molecule has 1 N–H and O–H groups in total. The fraction of sp³-hybridized carbons (Fsp3) is 0.308. The van der Waals surface area contributed by atoms with Crippen molar-refractivity contribution >= 4 is 17.9 Å². The van der Waals surface area contributed by atoms with Gasteiger partial charge < -0.3 is 24.1 Å². The normalized spacial score (nSPS) is 13.7. The molecule has 1 saturated carbocycles. The first kappa shape index (κ1) is 33.3. The summed E-state index contributed by atoms with van der Waals surface area (Å²) in [7, 11) is 0. The second kappa shape index (κ2) is 16.5. The molecule has 4 aromatic carbocycles.